The second-order valence-corrected chi connectivity index (χ2v) is 4.14. The van der Waals surface area contributed by atoms with Gasteiger partial charge in [0.2, 0.25) is 0 Å². The van der Waals surface area contributed by atoms with Crippen LogP contribution in [0.15, 0.2) is 23.4 Å². The summed E-state index contributed by atoms with van der Waals surface area (Å²) in [6.07, 6.45) is 1.20. The number of primary sulfonamides is 1. The van der Waals surface area contributed by atoms with E-state index in [2.05, 4.69) is 15.6 Å². The van der Waals surface area contributed by atoms with Crippen molar-refractivity contribution in [3.8, 4) is 0 Å². The normalized spacial score (nSPS) is 10.8. The summed E-state index contributed by atoms with van der Waals surface area (Å²) in [5, 5.41) is 9.36. The van der Waals surface area contributed by atoms with E-state index in [0.717, 1.165) is 0 Å². The number of rotatable bonds is 2. The van der Waals surface area contributed by atoms with Gasteiger partial charge in [0.05, 0.1) is 11.9 Å². The minimum atomic E-state index is -3.79. The van der Waals surface area contributed by atoms with E-state index in [4.69, 9.17) is 5.14 Å². The summed E-state index contributed by atoms with van der Waals surface area (Å²) in [6, 6.07) is 2.18. The lowest BCUT2D eigenvalue weighted by atomic mass is 10.4. The maximum absolute atomic E-state index is 10.9. The van der Waals surface area contributed by atoms with Crippen molar-refractivity contribution in [1.82, 2.24) is 10.3 Å². The summed E-state index contributed by atoms with van der Waals surface area (Å²) >= 11 is 0. The molecule has 7 nitrogen and oxygen atoms in total. The Morgan fingerprint density at radius 1 is 1.47 bits per heavy atom. The van der Waals surface area contributed by atoms with Gasteiger partial charge in [-0.2, -0.15) is 0 Å². The molecule has 1 aromatic heterocycles. The van der Waals surface area contributed by atoms with Gasteiger partial charge in [0.15, 0.2) is 5.03 Å². The molecular formula is C7H10N4O3S. The maximum Gasteiger partial charge on any atom is 0.319 e. The first-order valence-electron chi connectivity index (χ1n) is 3.91. The molecule has 0 fully saturated rings. The molecule has 0 aliphatic carbocycles. The highest BCUT2D eigenvalue weighted by Gasteiger charge is 2.08. The number of nitrogens with two attached hydrogens (primary N) is 1. The van der Waals surface area contributed by atoms with E-state index in [-0.39, 0.29) is 5.03 Å². The van der Waals surface area contributed by atoms with Crippen molar-refractivity contribution < 1.29 is 13.2 Å². The number of amides is 2. The molecule has 0 saturated heterocycles. The molecule has 82 valence electrons. The van der Waals surface area contributed by atoms with Crippen molar-refractivity contribution in [2.24, 2.45) is 5.14 Å². The van der Waals surface area contributed by atoms with Crippen molar-refractivity contribution in [3.05, 3.63) is 18.3 Å². The standard InChI is InChI=1S/C7H10N4O3S/c1-9-7(12)11-5-2-3-6(10-4-5)15(8,13)14/h2-4H,1H3,(H2,8,13,14)(H2,9,11,12). The van der Waals surface area contributed by atoms with Gasteiger partial charge in [0.25, 0.3) is 10.0 Å². The topological polar surface area (TPSA) is 114 Å². The summed E-state index contributed by atoms with van der Waals surface area (Å²) in [6.45, 7) is 0. The molecule has 0 saturated carbocycles. The Bertz CT molecular complexity index is 454. The lowest BCUT2D eigenvalue weighted by molar-refractivity contribution is 0.254. The molecule has 4 N–H and O–H groups in total. The molecule has 8 heteroatoms. The van der Waals surface area contributed by atoms with Crippen LogP contribution in [0.5, 0.6) is 0 Å². The number of aromatic nitrogens is 1. The number of carbonyl (C=O) groups is 1. The monoisotopic (exact) mass is 230 g/mol. The summed E-state index contributed by atoms with van der Waals surface area (Å²) in [5.41, 5.74) is 0.377. The predicted octanol–water partition coefficient (Wildman–Crippen LogP) is -0.520. The van der Waals surface area contributed by atoms with Gasteiger partial charge in [-0.3, -0.25) is 0 Å². The van der Waals surface area contributed by atoms with E-state index in [1.165, 1.54) is 25.4 Å². The average molecular weight is 230 g/mol. The van der Waals surface area contributed by atoms with Gasteiger partial charge in [0.1, 0.15) is 0 Å². The SMILES string of the molecule is CNC(=O)Nc1ccc(S(N)(=O)=O)nc1. The van der Waals surface area contributed by atoms with Gasteiger partial charge in [0, 0.05) is 7.05 Å². The number of urea groups is 1. The third-order valence-electron chi connectivity index (χ3n) is 1.51. The minimum absolute atomic E-state index is 0.245. The lowest BCUT2D eigenvalue weighted by Gasteiger charge is -2.03. The molecule has 0 unspecified atom stereocenters. The second-order valence-electron chi connectivity index (χ2n) is 2.63. The third-order valence-corrected chi connectivity index (χ3v) is 2.34. The minimum Gasteiger partial charge on any atom is -0.341 e. The Kier molecular flexibility index (Phi) is 3.22. The molecular weight excluding hydrogens is 220 g/mol. The van der Waals surface area contributed by atoms with Crippen molar-refractivity contribution in [2.75, 3.05) is 12.4 Å². The zero-order chi connectivity index (χ0) is 11.5. The molecule has 1 heterocycles. The molecule has 0 aliphatic heterocycles. The predicted molar refractivity (Wildman–Crippen MR) is 53.7 cm³/mol. The smallest absolute Gasteiger partial charge is 0.319 e. The summed E-state index contributed by atoms with van der Waals surface area (Å²) in [7, 11) is -2.33. The van der Waals surface area contributed by atoms with Crippen LogP contribution < -0.4 is 15.8 Å². The molecule has 15 heavy (non-hydrogen) atoms. The van der Waals surface area contributed by atoms with Crippen LogP contribution in [-0.4, -0.2) is 26.5 Å². The van der Waals surface area contributed by atoms with Crippen LogP contribution in [0.25, 0.3) is 0 Å². The highest BCUT2D eigenvalue weighted by Crippen LogP contribution is 2.08. The van der Waals surface area contributed by atoms with Gasteiger partial charge in [-0.1, -0.05) is 0 Å². The van der Waals surface area contributed by atoms with Crippen LogP contribution in [-0.2, 0) is 10.0 Å². The number of sulfonamides is 1. The quantitative estimate of drug-likeness (QED) is 0.634. The van der Waals surface area contributed by atoms with Gasteiger partial charge < -0.3 is 10.6 Å². The fraction of sp³-hybridized carbons (Fsp3) is 0.143. The summed E-state index contributed by atoms with van der Waals surface area (Å²) in [5.74, 6) is 0. The van der Waals surface area contributed by atoms with E-state index < -0.39 is 16.1 Å². The fourth-order valence-corrected chi connectivity index (χ4v) is 1.27. The Labute approximate surface area is 86.7 Å². The van der Waals surface area contributed by atoms with Gasteiger partial charge in [-0.15, -0.1) is 0 Å². The molecule has 0 aromatic carbocycles. The van der Waals surface area contributed by atoms with Gasteiger partial charge in [-0.05, 0) is 12.1 Å². The molecule has 0 radical (unpaired) electrons. The summed E-state index contributed by atoms with van der Waals surface area (Å²) < 4.78 is 21.7. The molecule has 0 atom stereocenters. The largest absolute Gasteiger partial charge is 0.341 e. The summed E-state index contributed by atoms with van der Waals surface area (Å²) in [4.78, 5) is 14.5. The Hall–Kier alpha value is -1.67. The second kappa shape index (κ2) is 4.24. The number of nitrogens with one attached hydrogen (secondary N) is 2. The zero-order valence-corrected chi connectivity index (χ0v) is 8.71. The first-order valence-corrected chi connectivity index (χ1v) is 5.45. The van der Waals surface area contributed by atoms with E-state index in [0.29, 0.717) is 5.69 Å². The number of nitrogens with zero attached hydrogens (tertiary/aromatic N) is 1. The van der Waals surface area contributed by atoms with Crippen LogP contribution >= 0.6 is 0 Å². The van der Waals surface area contributed by atoms with E-state index in [1.54, 1.807) is 0 Å². The number of carbonyl (C=O) groups excluding carboxylic acids is 1. The van der Waals surface area contributed by atoms with Crippen molar-refractivity contribution in [3.63, 3.8) is 0 Å². The van der Waals surface area contributed by atoms with E-state index in [9.17, 15) is 13.2 Å². The van der Waals surface area contributed by atoms with Crippen LogP contribution in [0.4, 0.5) is 10.5 Å². The Morgan fingerprint density at radius 2 is 2.13 bits per heavy atom. The fourth-order valence-electron chi connectivity index (χ4n) is 0.816. The number of pyridine rings is 1. The first kappa shape index (κ1) is 11.4. The molecule has 0 aliphatic rings. The van der Waals surface area contributed by atoms with E-state index >= 15 is 0 Å². The van der Waals surface area contributed by atoms with Crippen LogP contribution in [0.1, 0.15) is 0 Å². The lowest BCUT2D eigenvalue weighted by Crippen LogP contribution is -2.24. The van der Waals surface area contributed by atoms with Gasteiger partial charge >= 0.3 is 6.03 Å². The number of anilines is 1. The molecule has 1 rings (SSSR count). The first-order chi connectivity index (χ1) is 6.93. The third kappa shape index (κ3) is 3.18. The van der Waals surface area contributed by atoms with Crippen molar-refractivity contribution >= 4 is 21.7 Å². The maximum atomic E-state index is 10.9. The van der Waals surface area contributed by atoms with Crippen LogP contribution in [0, 0.1) is 0 Å². The molecule has 2 amide bonds. The molecule has 1 aromatic rings. The highest BCUT2D eigenvalue weighted by atomic mass is 32.2. The zero-order valence-electron chi connectivity index (χ0n) is 7.89. The molecule has 0 bridgehead atoms. The highest BCUT2D eigenvalue weighted by molar-refractivity contribution is 7.89. The number of hydrogen-bond donors (Lipinski definition) is 3. The van der Waals surface area contributed by atoms with Crippen molar-refractivity contribution in [2.45, 2.75) is 5.03 Å². The van der Waals surface area contributed by atoms with Gasteiger partial charge in [-0.25, -0.2) is 23.3 Å². The Morgan fingerprint density at radius 3 is 2.53 bits per heavy atom. The van der Waals surface area contributed by atoms with Crippen LogP contribution in [0.2, 0.25) is 0 Å². The average Bonchev–Trinajstić information content (AvgIpc) is 2.17. The van der Waals surface area contributed by atoms with Crippen molar-refractivity contribution in [1.29, 1.82) is 0 Å². The Balaban J connectivity index is 2.86. The molecule has 0 spiro atoms. The number of hydrogen-bond acceptors (Lipinski definition) is 4. The van der Waals surface area contributed by atoms with Crippen LogP contribution in [0.3, 0.4) is 0 Å². The van der Waals surface area contributed by atoms with E-state index in [1.807, 2.05) is 0 Å².